The number of aliphatic carboxylic acids is 1. The monoisotopic (exact) mass is 564 g/mol. The summed E-state index contributed by atoms with van der Waals surface area (Å²) in [5.41, 5.74) is 8.11. The number of hydrogen-bond acceptors (Lipinski definition) is 7. The summed E-state index contributed by atoms with van der Waals surface area (Å²) in [6.45, 7) is 3.04. The molecule has 1 fully saturated rings. The van der Waals surface area contributed by atoms with Crippen LogP contribution in [0.4, 0.5) is 13.2 Å². The number of nitrogens with one attached hydrogen (secondary N) is 1. The van der Waals surface area contributed by atoms with Crippen molar-refractivity contribution in [2.24, 2.45) is 11.7 Å². The fraction of sp³-hybridized carbons (Fsp3) is 0.346. The molecule has 0 radical (unpaired) electrons. The SMILES string of the molecule is CC(=O)N1CCC(C(=O)NC(C(=O)c2nc3ccccc3s2)c2ccc(CN)cc2)CC1.O=C(O)C(F)(F)F. The highest BCUT2D eigenvalue weighted by atomic mass is 32.1. The van der Waals surface area contributed by atoms with E-state index in [4.69, 9.17) is 15.6 Å². The third kappa shape index (κ3) is 7.83. The molecule has 1 unspecified atom stereocenters. The maximum absolute atomic E-state index is 13.5. The fourth-order valence-electron chi connectivity index (χ4n) is 3.96. The number of benzene rings is 2. The van der Waals surface area contributed by atoms with Gasteiger partial charge in [-0.05, 0) is 36.1 Å². The minimum atomic E-state index is -5.08. The number of piperidine rings is 1. The lowest BCUT2D eigenvalue weighted by atomic mass is 9.94. The molecule has 9 nitrogen and oxygen atoms in total. The third-order valence-corrected chi connectivity index (χ3v) is 7.21. The number of ketones is 1. The van der Waals surface area contributed by atoms with Gasteiger partial charge in [-0.25, -0.2) is 9.78 Å². The number of rotatable bonds is 6. The molecule has 0 saturated carbocycles. The molecule has 1 aromatic heterocycles. The van der Waals surface area contributed by atoms with Gasteiger partial charge in [-0.1, -0.05) is 36.4 Å². The Balaban J connectivity index is 0.000000532. The van der Waals surface area contributed by atoms with Gasteiger partial charge in [0.15, 0.2) is 5.01 Å². The van der Waals surface area contributed by atoms with Crippen LogP contribution in [0.5, 0.6) is 0 Å². The number of alkyl halides is 3. The van der Waals surface area contributed by atoms with E-state index in [9.17, 15) is 27.6 Å². The van der Waals surface area contributed by atoms with Crippen molar-refractivity contribution in [1.29, 1.82) is 0 Å². The summed E-state index contributed by atoms with van der Waals surface area (Å²) < 4.78 is 32.7. The number of nitrogens with zero attached hydrogens (tertiary/aromatic N) is 2. The molecule has 39 heavy (non-hydrogen) atoms. The van der Waals surface area contributed by atoms with Gasteiger partial charge in [0.2, 0.25) is 17.6 Å². The zero-order chi connectivity index (χ0) is 28.7. The summed E-state index contributed by atoms with van der Waals surface area (Å²) in [6.07, 6.45) is -3.92. The van der Waals surface area contributed by atoms with Crippen molar-refractivity contribution < 1.29 is 37.5 Å². The predicted molar refractivity (Wildman–Crippen MR) is 138 cm³/mol. The molecule has 3 aromatic rings. The Hall–Kier alpha value is -3.84. The highest BCUT2D eigenvalue weighted by Crippen LogP contribution is 2.28. The summed E-state index contributed by atoms with van der Waals surface area (Å²) in [4.78, 5) is 53.3. The van der Waals surface area contributed by atoms with Crippen LogP contribution in [0.1, 0.15) is 46.7 Å². The number of halogens is 3. The van der Waals surface area contributed by atoms with Gasteiger partial charge in [0, 0.05) is 32.5 Å². The van der Waals surface area contributed by atoms with Crippen LogP contribution in [-0.4, -0.2) is 57.8 Å². The first-order valence-electron chi connectivity index (χ1n) is 12.0. The average Bonchev–Trinajstić information content (AvgIpc) is 3.36. The molecule has 4 rings (SSSR count). The number of carbonyl (C=O) groups is 4. The minimum absolute atomic E-state index is 0.0211. The van der Waals surface area contributed by atoms with E-state index in [1.807, 2.05) is 48.5 Å². The second-order valence-corrected chi connectivity index (χ2v) is 9.85. The summed E-state index contributed by atoms with van der Waals surface area (Å²) in [5.74, 6) is -3.38. The Kier molecular flexibility index (Phi) is 9.76. The molecule has 208 valence electrons. The summed E-state index contributed by atoms with van der Waals surface area (Å²) in [5, 5.41) is 10.5. The van der Waals surface area contributed by atoms with E-state index in [0.29, 0.717) is 43.0 Å². The molecule has 0 aliphatic carbocycles. The quantitative estimate of drug-likeness (QED) is 0.388. The Morgan fingerprint density at radius 2 is 1.69 bits per heavy atom. The Morgan fingerprint density at radius 3 is 2.21 bits per heavy atom. The van der Waals surface area contributed by atoms with Crippen LogP contribution in [0.25, 0.3) is 10.2 Å². The number of nitrogens with two attached hydrogens (primary N) is 1. The lowest BCUT2D eigenvalue weighted by molar-refractivity contribution is -0.192. The molecular weight excluding hydrogens is 537 g/mol. The molecule has 1 saturated heterocycles. The van der Waals surface area contributed by atoms with Crippen LogP contribution < -0.4 is 11.1 Å². The second-order valence-electron chi connectivity index (χ2n) is 8.82. The Bertz CT molecular complexity index is 1300. The van der Waals surface area contributed by atoms with Crippen molar-refractivity contribution >= 4 is 45.1 Å². The number of carbonyl (C=O) groups excluding carboxylic acids is 3. The largest absolute Gasteiger partial charge is 0.490 e. The predicted octanol–water partition coefficient (Wildman–Crippen LogP) is 3.69. The summed E-state index contributed by atoms with van der Waals surface area (Å²) in [7, 11) is 0. The molecule has 2 amide bonds. The average molecular weight is 565 g/mol. The van der Waals surface area contributed by atoms with E-state index in [1.54, 1.807) is 4.90 Å². The maximum Gasteiger partial charge on any atom is 0.490 e. The summed E-state index contributed by atoms with van der Waals surface area (Å²) >= 11 is 1.33. The standard InChI is InChI=1S/C24H26N4O3S.C2HF3O2/c1-15(29)28-12-10-18(11-13-28)23(31)27-21(17-8-6-16(14-25)7-9-17)22(30)24-26-19-4-2-3-5-20(19)32-24;3-2(4,5)1(6)7/h2-9,18,21H,10-14,25H2,1H3,(H,27,31);(H,6,7). The lowest BCUT2D eigenvalue weighted by Gasteiger charge is -2.31. The molecule has 4 N–H and O–H groups in total. The number of likely N-dealkylation sites (tertiary alicyclic amines) is 1. The Labute approximate surface area is 225 Å². The van der Waals surface area contributed by atoms with Crippen molar-refractivity contribution in [3.8, 4) is 0 Å². The molecule has 1 aliphatic rings. The van der Waals surface area contributed by atoms with E-state index in [2.05, 4.69) is 10.3 Å². The van der Waals surface area contributed by atoms with Crippen LogP contribution in [0.15, 0.2) is 48.5 Å². The van der Waals surface area contributed by atoms with Gasteiger partial charge in [0.25, 0.3) is 0 Å². The van der Waals surface area contributed by atoms with Crippen molar-refractivity contribution in [2.45, 2.75) is 38.5 Å². The number of aromatic nitrogens is 1. The van der Waals surface area contributed by atoms with Gasteiger partial charge in [0.1, 0.15) is 6.04 Å². The molecule has 1 aliphatic heterocycles. The number of carboxylic acid groups (broad SMARTS) is 1. The maximum atomic E-state index is 13.5. The van der Waals surface area contributed by atoms with Crippen LogP contribution in [-0.2, 0) is 20.9 Å². The molecule has 2 heterocycles. The van der Waals surface area contributed by atoms with Crippen molar-refractivity contribution in [3.63, 3.8) is 0 Å². The molecular formula is C26H27F3N4O5S. The van der Waals surface area contributed by atoms with Crippen molar-refractivity contribution in [1.82, 2.24) is 15.2 Å². The second kappa shape index (κ2) is 12.8. The van der Waals surface area contributed by atoms with E-state index in [1.165, 1.54) is 18.3 Å². The highest BCUT2D eigenvalue weighted by molar-refractivity contribution is 7.20. The topological polar surface area (TPSA) is 143 Å². The van der Waals surface area contributed by atoms with Crippen molar-refractivity contribution in [3.05, 3.63) is 64.7 Å². The molecule has 2 aromatic carbocycles. The number of Topliss-reactive ketones (excluding diaryl/α,β-unsaturated/α-hetero) is 1. The normalized spacial score (nSPS) is 14.7. The van der Waals surface area contributed by atoms with Crippen molar-refractivity contribution in [2.75, 3.05) is 13.1 Å². The van der Waals surface area contributed by atoms with E-state index >= 15 is 0 Å². The zero-order valence-corrected chi connectivity index (χ0v) is 21.7. The van der Waals surface area contributed by atoms with E-state index in [0.717, 1.165) is 15.8 Å². The molecule has 1 atom stereocenters. The Morgan fingerprint density at radius 1 is 1.10 bits per heavy atom. The van der Waals surface area contributed by atoms with Gasteiger partial charge in [0.05, 0.1) is 10.2 Å². The zero-order valence-electron chi connectivity index (χ0n) is 20.9. The van der Waals surface area contributed by atoms with Crippen LogP contribution in [0.2, 0.25) is 0 Å². The third-order valence-electron chi connectivity index (χ3n) is 6.16. The van der Waals surface area contributed by atoms with Crippen LogP contribution >= 0.6 is 11.3 Å². The first-order chi connectivity index (χ1) is 18.4. The lowest BCUT2D eigenvalue weighted by Crippen LogP contribution is -2.44. The van der Waals surface area contributed by atoms with Gasteiger partial charge >= 0.3 is 12.1 Å². The fourth-order valence-corrected chi connectivity index (χ4v) is 4.90. The number of amides is 2. The minimum Gasteiger partial charge on any atom is -0.475 e. The van der Waals surface area contributed by atoms with Crippen LogP contribution in [0, 0.1) is 5.92 Å². The number of para-hydroxylation sites is 1. The first kappa shape index (κ1) is 29.7. The van der Waals surface area contributed by atoms with E-state index in [-0.39, 0.29) is 23.5 Å². The molecule has 13 heteroatoms. The van der Waals surface area contributed by atoms with Crippen LogP contribution in [0.3, 0.4) is 0 Å². The highest BCUT2D eigenvalue weighted by Gasteiger charge is 2.38. The molecule has 0 bridgehead atoms. The summed E-state index contributed by atoms with van der Waals surface area (Å²) in [6, 6.07) is 14.2. The van der Waals surface area contributed by atoms with Gasteiger partial charge in [-0.2, -0.15) is 13.2 Å². The van der Waals surface area contributed by atoms with Gasteiger partial charge < -0.3 is 21.1 Å². The number of carboxylic acids is 1. The first-order valence-corrected chi connectivity index (χ1v) is 12.8. The smallest absolute Gasteiger partial charge is 0.475 e. The number of hydrogen-bond donors (Lipinski definition) is 3. The number of thiazole rings is 1. The van der Waals surface area contributed by atoms with Gasteiger partial charge in [-0.3, -0.25) is 14.4 Å². The van der Waals surface area contributed by atoms with E-state index < -0.39 is 18.2 Å². The molecule has 0 spiro atoms. The number of fused-ring (bicyclic) bond motifs is 1. The van der Waals surface area contributed by atoms with Gasteiger partial charge in [-0.15, -0.1) is 11.3 Å².